The summed E-state index contributed by atoms with van der Waals surface area (Å²) in [6, 6.07) is -1.38. The summed E-state index contributed by atoms with van der Waals surface area (Å²) in [4.78, 5) is 47.3. The van der Waals surface area contributed by atoms with Gasteiger partial charge in [0.25, 0.3) is 0 Å². The monoisotopic (exact) mass is 653 g/mol. The average Bonchev–Trinajstić information content (AvgIpc) is 3.03. The molecule has 0 aromatic carbocycles. The molecule has 268 valence electrons. The summed E-state index contributed by atoms with van der Waals surface area (Å²) in [7, 11) is 0. The van der Waals surface area contributed by atoms with Crippen LogP contribution in [-0.4, -0.2) is 59.3 Å². The van der Waals surface area contributed by atoms with Crippen molar-refractivity contribution in [2.45, 2.75) is 187 Å². The lowest BCUT2D eigenvalue weighted by Crippen LogP contribution is -2.47. The van der Waals surface area contributed by atoms with Gasteiger partial charge in [0.2, 0.25) is 11.8 Å². The molecule has 0 aliphatic heterocycles. The van der Waals surface area contributed by atoms with Gasteiger partial charge in [-0.15, -0.1) is 0 Å². The number of carbonyl (C=O) groups is 4. The Balaban J connectivity index is 4.19. The van der Waals surface area contributed by atoms with E-state index in [1.54, 1.807) is 0 Å². The lowest BCUT2D eigenvalue weighted by Gasteiger charge is -2.18. The van der Waals surface area contributed by atoms with E-state index < -0.39 is 24.5 Å². The fourth-order valence-corrected chi connectivity index (χ4v) is 5.36. The quantitative estimate of drug-likeness (QED) is 0.0320. The molecular formula is C37H68N2O7. The molecule has 2 atom stereocenters. The predicted molar refractivity (Wildman–Crippen MR) is 185 cm³/mol. The van der Waals surface area contributed by atoms with Crippen molar-refractivity contribution in [3.05, 3.63) is 12.2 Å². The van der Waals surface area contributed by atoms with Crippen LogP contribution in [0.25, 0.3) is 0 Å². The van der Waals surface area contributed by atoms with Gasteiger partial charge in [0, 0.05) is 12.8 Å². The molecule has 9 heteroatoms. The number of amides is 2. The predicted octanol–water partition coefficient (Wildman–Crippen LogP) is 7.92. The normalized spacial score (nSPS) is 12.6. The van der Waals surface area contributed by atoms with Crippen LogP contribution < -0.4 is 10.6 Å². The molecule has 0 rings (SSSR count). The van der Waals surface area contributed by atoms with E-state index in [4.69, 9.17) is 14.9 Å². The van der Waals surface area contributed by atoms with Crippen LogP contribution in [0.4, 0.5) is 0 Å². The topological polar surface area (TPSA) is 142 Å². The number of carboxylic acid groups (broad SMARTS) is 1. The maximum absolute atomic E-state index is 12.6. The molecule has 0 fully saturated rings. The van der Waals surface area contributed by atoms with E-state index in [0.717, 1.165) is 57.8 Å². The van der Waals surface area contributed by atoms with Crippen molar-refractivity contribution >= 4 is 23.8 Å². The number of nitrogens with one attached hydrogen (secondary N) is 2. The molecule has 2 amide bonds. The average molecular weight is 653 g/mol. The maximum atomic E-state index is 12.6. The first-order chi connectivity index (χ1) is 22.3. The number of hydrogen-bond acceptors (Lipinski definition) is 6. The number of rotatable bonds is 33. The second-order valence-corrected chi connectivity index (χ2v) is 12.7. The SMILES string of the molecule is CCCCCC/C=C\CCCCCCCC(=O)OC(CCCCCCCC)CCCCCCC(=O)NCC(=O)NC(CO)C(=O)O. The second-order valence-electron chi connectivity index (χ2n) is 12.7. The van der Waals surface area contributed by atoms with Crippen LogP contribution in [0.15, 0.2) is 12.2 Å². The van der Waals surface area contributed by atoms with E-state index in [-0.39, 0.29) is 30.9 Å². The highest BCUT2D eigenvalue weighted by Crippen LogP contribution is 2.18. The Morgan fingerprint density at radius 1 is 0.630 bits per heavy atom. The van der Waals surface area contributed by atoms with Crippen LogP contribution >= 0.6 is 0 Å². The van der Waals surface area contributed by atoms with E-state index in [1.807, 2.05) is 0 Å². The fraction of sp³-hybridized carbons (Fsp3) is 0.838. The van der Waals surface area contributed by atoms with Crippen molar-refractivity contribution in [1.29, 1.82) is 0 Å². The van der Waals surface area contributed by atoms with E-state index in [1.165, 1.54) is 83.5 Å². The molecule has 0 radical (unpaired) electrons. The van der Waals surface area contributed by atoms with Crippen molar-refractivity contribution in [3.8, 4) is 0 Å². The maximum Gasteiger partial charge on any atom is 0.328 e. The van der Waals surface area contributed by atoms with Gasteiger partial charge < -0.3 is 25.6 Å². The Bertz CT molecular complexity index is 803. The zero-order chi connectivity index (χ0) is 34.1. The Hall–Kier alpha value is -2.42. The molecule has 0 aromatic rings. The molecule has 4 N–H and O–H groups in total. The Morgan fingerprint density at radius 2 is 1.11 bits per heavy atom. The molecular weight excluding hydrogens is 584 g/mol. The molecule has 0 aliphatic carbocycles. The number of carbonyl (C=O) groups excluding carboxylic acids is 3. The summed E-state index contributed by atoms with van der Waals surface area (Å²) < 4.78 is 5.93. The Morgan fingerprint density at radius 3 is 1.65 bits per heavy atom. The number of aliphatic hydroxyl groups excluding tert-OH is 1. The number of carboxylic acids is 1. The van der Waals surface area contributed by atoms with Crippen molar-refractivity contribution in [3.63, 3.8) is 0 Å². The first-order valence-corrected chi connectivity index (χ1v) is 18.6. The Labute approximate surface area is 280 Å². The molecule has 0 saturated heterocycles. The van der Waals surface area contributed by atoms with Gasteiger partial charge in [-0.1, -0.05) is 109 Å². The van der Waals surface area contributed by atoms with Crippen LogP contribution in [0.5, 0.6) is 0 Å². The highest BCUT2D eigenvalue weighted by Gasteiger charge is 2.19. The summed E-state index contributed by atoms with van der Waals surface area (Å²) in [5.41, 5.74) is 0. The van der Waals surface area contributed by atoms with Gasteiger partial charge >= 0.3 is 11.9 Å². The second kappa shape index (κ2) is 32.5. The molecule has 0 aliphatic rings. The minimum Gasteiger partial charge on any atom is -0.480 e. The van der Waals surface area contributed by atoms with Crippen LogP contribution in [-0.2, 0) is 23.9 Å². The van der Waals surface area contributed by atoms with Crippen LogP contribution in [0.3, 0.4) is 0 Å². The van der Waals surface area contributed by atoms with Crippen molar-refractivity contribution in [1.82, 2.24) is 10.6 Å². The van der Waals surface area contributed by atoms with E-state index in [0.29, 0.717) is 12.8 Å². The molecule has 9 nitrogen and oxygen atoms in total. The van der Waals surface area contributed by atoms with Gasteiger partial charge in [-0.05, 0) is 64.2 Å². The molecule has 0 heterocycles. The third kappa shape index (κ3) is 29.0. The van der Waals surface area contributed by atoms with Crippen LogP contribution in [0.1, 0.15) is 174 Å². The smallest absolute Gasteiger partial charge is 0.328 e. The van der Waals surface area contributed by atoms with E-state index >= 15 is 0 Å². The van der Waals surface area contributed by atoms with Crippen LogP contribution in [0, 0.1) is 0 Å². The minimum absolute atomic E-state index is 0.0391. The lowest BCUT2D eigenvalue weighted by atomic mass is 10.0. The molecule has 0 bridgehead atoms. The molecule has 0 aromatic heterocycles. The van der Waals surface area contributed by atoms with Gasteiger partial charge in [-0.2, -0.15) is 0 Å². The highest BCUT2D eigenvalue weighted by atomic mass is 16.5. The van der Waals surface area contributed by atoms with Crippen molar-refractivity contribution in [2.75, 3.05) is 13.2 Å². The zero-order valence-electron chi connectivity index (χ0n) is 29.3. The zero-order valence-corrected chi connectivity index (χ0v) is 29.3. The molecule has 46 heavy (non-hydrogen) atoms. The fourth-order valence-electron chi connectivity index (χ4n) is 5.36. The summed E-state index contributed by atoms with van der Waals surface area (Å²) >= 11 is 0. The first-order valence-electron chi connectivity index (χ1n) is 18.6. The van der Waals surface area contributed by atoms with E-state index in [9.17, 15) is 19.2 Å². The molecule has 2 unspecified atom stereocenters. The number of hydrogen-bond donors (Lipinski definition) is 4. The number of aliphatic carboxylic acids is 1. The first kappa shape index (κ1) is 43.6. The van der Waals surface area contributed by atoms with Gasteiger partial charge in [-0.3, -0.25) is 14.4 Å². The number of aliphatic hydroxyl groups is 1. The number of allylic oxidation sites excluding steroid dienone is 2. The summed E-state index contributed by atoms with van der Waals surface area (Å²) in [5, 5.41) is 22.5. The summed E-state index contributed by atoms with van der Waals surface area (Å²) in [6.07, 6.45) is 31.0. The number of ether oxygens (including phenoxy) is 1. The summed E-state index contributed by atoms with van der Waals surface area (Å²) in [6.45, 7) is 3.41. The van der Waals surface area contributed by atoms with Crippen molar-refractivity contribution in [2.24, 2.45) is 0 Å². The van der Waals surface area contributed by atoms with Gasteiger partial charge in [0.1, 0.15) is 12.1 Å². The number of unbranched alkanes of at least 4 members (excludes halogenated alkanes) is 17. The van der Waals surface area contributed by atoms with Crippen molar-refractivity contribution < 1.29 is 34.1 Å². The van der Waals surface area contributed by atoms with Gasteiger partial charge in [0.05, 0.1) is 13.2 Å². The van der Waals surface area contributed by atoms with Gasteiger partial charge in [-0.25, -0.2) is 4.79 Å². The third-order valence-corrected chi connectivity index (χ3v) is 8.26. The minimum atomic E-state index is -1.38. The standard InChI is InChI=1S/C37H68N2O7/c1-3-5-7-9-11-12-13-14-15-16-17-19-25-29-36(43)46-32(26-22-18-10-8-6-4-2)27-23-20-21-24-28-34(41)38-30-35(42)39-33(31-40)37(44)45/h12-13,32-33,40H,3-11,14-31H2,1-2H3,(H,38,41)(H,39,42)(H,44,45)/b13-12-. The van der Waals surface area contributed by atoms with Crippen LogP contribution in [0.2, 0.25) is 0 Å². The lowest BCUT2D eigenvalue weighted by molar-refractivity contribution is -0.150. The number of esters is 1. The highest BCUT2D eigenvalue weighted by molar-refractivity contribution is 5.87. The molecule has 0 spiro atoms. The largest absolute Gasteiger partial charge is 0.480 e. The third-order valence-electron chi connectivity index (χ3n) is 8.26. The van der Waals surface area contributed by atoms with Gasteiger partial charge in [0.15, 0.2) is 0 Å². The molecule has 0 saturated carbocycles. The van der Waals surface area contributed by atoms with E-state index in [2.05, 4.69) is 36.6 Å². The summed E-state index contributed by atoms with van der Waals surface area (Å²) in [5.74, 6) is -2.34. The Kier molecular flexibility index (Phi) is 30.8.